The Morgan fingerprint density at radius 1 is 1.19 bits per heavy atom. The maximum Gasteiger partial charge on any atom is 0.224 e. The van der Waals surface area contributed by atoms with Crippen molar-refractivity contribution in [3.05, 3.63) is 41.6 Å². The number of hydrogen-bond acceptors (Lipinski definition) is 7. The smallest absolute Gasteiger partial charge is 0.224 e. The minimum absolute atomic E-state index is 0.287. The maximum atomic E-state index is 9.56. The van der Waals surface area contributed by atoms with Gasteiger partial charge in [0.05, 0.1) is 13.3 Å². The molecule has 7 heteroatoms. The lowest BCUT2D eigenvalue weighted by molar-refractivity contribution is -0.0591. The molecule has 1 aromatic heterocycles. The first kappa shape index (κ1) is 20.1. The molecule has 6 rings (SSSR count). The molecule has 162 valence electrons. The van der Waals surface area contributed by atoms with Gasteiger partial charge in [0.2, 0.25) is 5.95 Å². The SMILES string of the molecule is COc1ccccc1CNc1ncc(C#N)c(NCC23CC4C[C@H](C2)C(N)[C@@H](C4)C3)n1. The van der Waals surface area contributed by atoms with Gasteiger partial charge in [0.25, 0.3) is 0 Å². The number of nitrogens with two attached hydrogens (primary N) is 1. The number of anilines is 2. The number of methoxy groups -OCH3 is 1. The molecule has 4 bridgehead atoms. The molecule has 4 saturated carbocycles. The van der Waals surface area contributed by atoms with E-state index in [-0.39, 0.29) is 5.41 Å². The van der Waals surface area contributed by atoms with Gasteiger partial charge in [-0.25, -0.2) is 4.98 Å². The Kier molecular flexibility index (Phi) is 5.19. The molecule has 4 aliphatic rings. The highest BCUT2D eigenvalue weighted by Gasteiger charge is 2.54. The van der Waals surface area contributed by atoms with Crippen molar-refractivity contribution >= 4 is 11.8 Å². The van der Waals surface area contributed by atoms with E-state index >= 15 is 0 Å². The van der Waals surface area contributed by atoms with E-state index in [0.29, 0.717) is 41.8 Å². The van der Waals surface area contributed by atoms with Gasteiger partial charge in [-0.2, -0.15) is 10.2 Å². The van der Waals surface area contributed by atoms with Crippen LogP contribution in [0.2, 0.25) is 0 Å². The van der Waals surface area contributed by atoms with Gasteiger partial charge >= 0.3 is 0 Å². The van der Waals surface area contributed by atoms with Crippen LogP contribution in [0.3, 0.4) is 0 Å². The minimum atomic E-state index is 0.287. The van der Waals surface area contributed by atoms with Gasteiger partial charge in [-0.05, 0) is 61.3 Å². The Balaban J connectivity index is 1.29. The molecule has 0 saturated heterocycles. The third kappa shape index (κ3) is 3.81. The first-order valence-corrected chi connectivity index (χ1v) is 11.2. The molecule has 2 aromatic rings. The lowest BCUT2D eigenvalue weighted by Crippen LogP contribution is -2.58. The fraction of sp³-hybridized carbons (Fsp3) is 0.542. The van der Waals surface area contributed by atoms with E-state index in [4.69, 9.17) is 10.5 Å². The highest BCUT2D eigenvalue weighted by molar-refractivity contribution is 5.53. The average Bonchev–Trinajstić information content (AvgIpc) is 2.79. The van der Waals surface area contributed by atoms with Crippen LogP contribution < -0.4 is 21.1 Å². The Morgan fingerprint density at radius 3 is 2.71 bits per heavy atom. The van der Waals surface area contributed by atoms with Gasteiger partial charge in [0, 0.05) is 24.7 Å². The molecule has 5 atom stereocenters. The maximum absolute atomic E-state index is 9.56. The molecule has 31 heavy (non-hydrogen) atoms. The summed E-state index contributed by atoms with van der Waals surface area (Å²) >= 11 is 0. The van der Waals surface area contributed by atoms with E-state index < -0.39 is 0 Å². The summed E-state index contributed by atoms with van der Waals surface area (Å²) < 4.78 is 5.41. The zero-order valence-corrected chi connectivity index (χ0v) is 18.0. The van der Waals surface area contributed by atoms with Crippen molar-refractivity contribution < 1.29 is 4.74 Å². The molecule has 0 aliphatic heterocycles. The third-order valence-electron chi connectivity index (χ3n) is 7.64. The minimum Gasteiger partial charge on any atom is -0.496 e. The fourth-order valence-corrected chi connectivity index (χ4v) is 6.43. The Hall–Kier alpha value is -2.85. The van der Waals surface area contributed by atoms with Gasteiger partial charge in [-0.3, -0.25) is 0 Å². The highest BCUT2D eigenvalue weighted by Crippen LogP contribution is 2.59. The van der Waals surface area contributed by atoms with Crippen molar-refractivity contribution in [2.45, 2.75) is 44.7 Å². The normalized spacial score (nSPS) is 30.6. The van der Waals surface area contributed by atoms with Crippen LogP contribution in [-0.2, 0) is 6.54 Å². The van der Waals surface area contributed by atoms with Crippen LogP contribution >= 0.6 is 0 Å². The van der Waals surface area contributed by atoms with Gasteiger partial charge in [0.15, 0.2) is 0 Å². The second-order valence-electron chi connectivity index (χ2n) is 9.63. The van der Waals surface area contributed by atoms with Gasteiger partial charge in [-0.15, -0.1) is 0 Å². The topological polar surface area (TPSA) is 109 Å². The summed E-state index contributed by atoms with van der Waals surface area (Å²) in [6.45, 7) is 1.39. The van der Waals surface area contributed by atoms with Crippen LogP contribution in [0, 0.1) is 34.5 Å². The van der Waals surface area contributed by atoms with E-state index in [1.807, 2.05) is 24.3 Å². The van der Waals surface area contributed by atoms with Crippen molar-refractivity contribution in [1.82, 2.24) is 9.97 Å². The van der Waals surface area contributed by atoms with Crippen LogP contribution in [0.15, 0.2) is 30.5 Å². The Morgan fingerprint density at radius 2 is 1.97 bits per heavy atom. The summed E-state index contributed by atoms with van der Waals surface area (Å²) in [7, 11) is 1.66. The monoisotopic (exact) mass is 418 g/mol. The van der Waals surface area contributed by atoms with Crippen LogP contribution in [0.25, 0.3) is 0 Å². The van der Waals surface area contributed by atoms with Crippen LogP contribution in [-0.4, -0.2) is 29.7 Å². The number of nitrogens with one attached hydrogen (secondary N) is 2. The van der Waals surface area contributed by atoms with E-state index in [1.165, 1.54) is 32.1 Å². The molecule has 0 spiro atoms. The number of para-hydroxylation sites is 1. The fourth-order valence-electron chi connectivity index (χ4n) is 6.43. The first-order valence-electron chi connectivity index (χ1n) is 11.2. The van der Waals surface area contributed by atoms with Crippen molar-refractivity contribution in [2.24, 2.45) is 28.9 Å². The molecule has 0 amide bonds. The zero-order valence-electron chi connectivity index (χ0n) is 18.0. The van der Waals surface area contributed by atoms with E-state index in [9.17, 15) is 5.26 Å². The number of hydrogen-bond donors (Lipinski definition) is 3. The summed E-state index contributed by atoms with van der Waals surface area (Å²) in [6, 6.07) is 10.5. The number of rotatable bonds is 7. The van der Waals surface area contributed by atoms with E-state index in [0.717, 1.165) is 23.8 Å². The Labute approximate surface area is 183 Å². The van der Waals surface area contributed by atoms with Crippen LogP contribution in [0.1, 0.15) is 43.2 Å². The molecule has 1 heterocycles. The van der Waals surface area contributed by atoms with Crippen molar-refractivity contribution in [2.75, 3.05) is 24.3 Å². The number of ether oxygens (including phenoxy) is 1. The predicted molar refractivity (Wildman–Crippen MR) is 120 cm³/mol. The summed E-state index contributed by atoms with van der Waals surface area (Å²) in [5.41, 5.74) is 8.29. The van der Waals surface area contributed by atoms with Crippen molar-refractivity contribution in [1.29, 1.82) is 5.26 Å². The van der Waals surface area contributed by atoms with Crippen molar-refractivity contribution in [3.8, 4) is 11.8 Å². The van der Waals surface area contributed by atoms with Gasteiger partial charge < -0.3 is 21.1 Å². The number of nitriles is 1. The molecular weight excluding hydrogens is 388 g/mol. The summed E-state index contributed by atoms with van der Waals surface area (Å²) in [6.07, 6.45) is 7.85. The van der Waals surface area contributed by atoms with Crippen LogP contribution in [0.5, 0.6) is 5.75 Å². The molecule has 7 nitrogen and oxygen atoms in total. The average molecular weight is 419 g/mol. The zero-order chi connectivity index (χ0) is 21.4. The quantitative estimate of drug-likeness (QED) is 0.631. The largest absolute Gasteiger partial charge is 0.496 e. The Bertz CT molecular complexity index is 986. The number of benzene rings is 1. The second-order valence-corrected chi connectivity index (χ2v) is 9.63. The molecule has 4 fully saturated rings. The molecule has 4 aliphatic carbocycles. The van der Waals surface area contributed by atoms with Crippen LogP contribution in [0.4, 0.5) is 11.8 Å². The summed E-state index contributed by atoms with van der Waals surface area (Å²) in [4.78, 5) is 8.95. The molecular formula is C24H30N6O. The molecule has 3 unspecified atom stereocenters. The lowest BCUT2D eigenvalue weighted by Gasteiger charge is -2.59. The molecule has 1 aromatic carbocycles. The van der Waals surface area contributed by atoms with Gasteiger partial charge in [-0.1, -0.05) is 18.2 Å². The second kappa shape index (κ2) is 8.01. The van der Waals surface area contributed by atoms with E-state index in [1.54, 1.807) is 13.3 Å². The molecule has 4 N–H and O–H groups in total. The summed E-state index contributed by atoms with van der Waals surface area (Å²) in [5, 5.41) is 16.3. The van der Waals surface area contributed by atoms with E-state index in [2.05, 4.69) is 26.7 Å². The van der Waals surface area contributed by atoms with Gasteiger partial charge in [0.1, 0.15) is 23.2 Å². The van der Waals surface area contributed by atoms with Crippen molar-refractivity contribution in [3.63, 3.8) is 0 Å². The lowest BCUT2D eigenvalue weighted by atomic mass is 9.48. The molecule has 0 radical (unpaired) electrons. The third-order valence-corrected chi connectivity index (χ3v) is 7.64. The summed E-state index contributed by atoms with van der Waals surface area (Å²) in [5.74, 6) is 4.07. The standard InChI is InChI=1S/C24H30N6O/c1-31-20-5-3-2-4-16(20)12-27-23-28-13-19(11-25)22(30-23)29-14-24-8-15-6-17(9-24)21(26)18(7-15)10-24/h2-5,13,15,17-18,21H,6-10,12,14,26H2,1H3,(H2,27,28,29,30)/t15?,17-,18+,21?,24?. The number of nitrogens with zero attached hydrogens (tertiary/aromatic N) is 3. The number of aromatic nitrogens is 2. The predicted octanol–water partition coefficient (Wildman–Crippen LogP) is 3.53. The first-order chi connectivity index (χ1) is 15.1. The highest BCUT2D eigenvalue weighted by atomic mass is 16.5.